The monoisotopic (exact) mass is 205 g/mol. The molecule has 1 aromatic rings. The second-order valence-electron chi connectivity index (χ2n) is 3.79. The van der Waals surface area contributed by atoms with Gasteiger partial charge in [0.2, 0.25) is 0 Å². The Morgan fingerprint density at radius 1 is 0.933 bits per heavy atom. The molecule has 84 valence electrons. The first-order valence-electron chi connectivity index (χ1n) is 6.14. The molecule has 1 aromatic carbocycles. The van der Waals surface area contributed by atoms with Crippen LogP contribution in [0, 0.1) is 0 Å². The van der Waals surface area contributed by atoms with Crippen molar-refractivity contribution < 1.29 is 0 Å². The van der Waals surface area contributed by atoms with Crippen molar-refractivity contribution in [3.05, 3.63) is 29.3 Å². The van der Waals surface area contributed by atoms with Crippen LogP contribution in [0.1, 0.15) is 38.8 Å². The third-order valence-corrected chi connectivity index (χ3v) is 3.09. The van der Waals surface area contributed by atoms with E-state index in [9.17, 15) is 0 Å². The van der Waals surface area contributed by atoms with Crippen molar-refractivity contribution in [1.29, 1.82) is 0 Å². The summed E-state index contributed by atoms with van der Waals surface area (Å²) in [6.07, 6.45) is 2.27. The lowest BCUT2D eigenvalue weighted by atomic mass is 10.00. The van der Waals surface area contributed by atoms with Gasteiger partial charge in [-0.05, 0) is 43.9 Å². The van der Waals surface area contributed by atoms with Gasteiger partial charge in [0.1, 0.15) is 0 Å². The largest absolute Gasteiger partial charge is 0.372 e. The average molecular weight is 205 g/mol. The van der Waals surface area contributed by atoms with E-state index in [0.717, 1.165) is 25.9 Å². The van der Waals surface area contributed by atoms with Crippen molar-refractivity contribution in [1.82, 2.24) is 0 Å². The van der Waals surface area contributed by atoms with Crippen molar-refractivity contribution >= 4 is 5.69 Å². The molecule has 0 bridgehead atoms. The van der Waals surface area contributed by atoms with E-state index in [4.69, 9.17) is 0 Å². The molecule has 1 heteroatoms. The highest BCUT2D eigenvalue weighted by Gasteiger charge is 2.09. The fourth-order valence-electron chi connectivity index (χ4n) is 2.22. The lowest BCUT2D eigenvalue weighted by Gasteiger charge is -2.25. The van der Waals surface area contributed by atoms with Gasteiger partial charge >= 0.3 is 0 Å². The van der Waals surface area contributed by atoms with E-state index >= 15 is 0 Å². The summed E-state index contributed by atoms with van der Waals surface area (Å²) in [5.74, 6) is 0. The van der Waals surface area contributed by atoms with Gasteiger partial charge in [-0.25, -0.2) is 0 Å². The SMILES string of the molecule is CCc1cccc(N(CC)CC)c1CC. The van der Waals surface area contributed by atoms with Gasteiger partial charge in [0.05, 0.1) is 0 Å². The summed E-state index contributed by atoms with van der Waals surface area (Å²) >= 11 is 0. The van der Waals surface area contributed by atoms with Crippen molar-refractivity contribution in [2.24, 2.45) is 0 Å². The number of aryl methyl sites for hydroxylation is 1. The van der Waals surface area contributed by atoms with E-state index in [1.54, 1.807) is 0 Å². The Balaban J connectivity index is 3.15. The van der Waals surface area contributed by atoms with Gasteiger partial charge in [0.25, 0.3) is 0 Å². The lowest BCUT2D eigenvalue weighted by molar-refractivity contribution is 0.851. The molecule has 0 fully saturated rings. The first kappa shape index (κ1) is 12.1. The summed E-state index contributed by atoms with van der Waals surface area (Å²) in [6, 6.07) is 6.70. The third kappa shape index (κ3) is 2.53. The number of hydrogen-bond donors (Lipinski definition) is 0. The van der Waals surface area contributed by atoms with Gasteiger partial charge in [-0.3, -0.25) is 0 Å². The molecule has 0 spiro atoms. The van der Waals surface area contributed by atoms with Gasteiger partial charge in [-0.1, -0.05) is 26.0 Å². The minimum absolute atomic E-state index is 1.09. The first-order chi connectivity index (χ1) is 7.28. The van der Waals surface area contributed by atoms with E-state index in [1.165, 1.54) is 16.8 Å². The zero-order chi connectivity index (χ0) is 11.3. The average Bonchev–Trinajstić information content (AvgIpc) is 2.30. The maximum atomic E-state index is 2.44. The number of rotatable bonds is 5. The Labute approximate surface area is 94.1 Å². The number of anilines is 1. The Bertz CT molecular complexity index is 300. The number of nitrogens with zero attached hydrogens (tertiary/aromatic N) is 1. The van der Waals surface area contributed by atoms with Crippen LogP contribution in [0.5, 0.6) is 0 Å². The molecule has 0 saturated carbocycles. The van der Waals surface area contributed by atoms with Crippen LogP contribution in [0.4, 0.5) is 5.69 Å². The maximum absolute atomic E-state index is 2.44. The topological polar surface area (TPSA) is 3.24 Å². The molecule has 1 rings (SSSR count). The fourth-order valence-corrected chi connectivity index (χ4v) is 2.22. The lowest BCUT2D eigenvalue weighted by Crippen LogP contribution is -2.23. The van der Waals surface area contributed by atoms with Crippen LogP contribution in [0.2, 0.25) is 0 Å². The highest BCUT2D eigenvalue weighted by Crippen LogP contribution is 2.24. The Kier molecular flexibility index (Phi) is 4.67. The highest BCUT2D eigenvalue weighted by atomic mass is 15.1. The predicted molar refractivity (Wildman–Crippen MR) is 68.8 cm³/mol. The maximum Gasteiger partial charge on any atom is 0.0401 e. The van der Waals surface area contributed by atoms with E-state index in [1.807, 2.05) is 0 Å². The fraction of sp³-hybridized carbons (Fsp3) is 0.571. The van der Waals surface area contributed by atoms with Crippen LogP contribution in [-0.4, -0.2) is 13.1 Å². The quantitative estimate of drug-likeness (QED) is 0.709. The van der Waals surface area contributed by atoms with E-state index < -0.39 is 0 Å². The van der Waals surface area contributed by atoms with Crippen LogP contribution < -0.4 is 4.90 Å². The molecule has 0 N–H and O–H groups in total. The van der Waals surface area contributed by atoms with Crippen LogP contribution in [-0.2, 0) is 12.8 Å². The van der Waals surface area contributed by atoms with Crippen LogP contribution >= 0.6 is 0 Å². The minimum atomic E-state index is 1.09. The first-order valence-corrected chi connectivity index (χ1v) is 6.14. The van der Waals surface area contributed by atoms with E-state index in [2.05, 4.69) is 50.8 Å². The third-order valence-electron chi connectivity index (χ3n) is 3.09. The molecule has 1 nitrogen and oxygen atoms in total. The van der Waals surface area contributed by atoms with Crippen molar-refractivity contribution in [3.8, 4) is 0 Å². The summed E-state index contributed by atoms with van der Waals surface area (Å²) in [5.41, 5.74) is 4.47. The molecule has 0 aromatic heterocycles. The Morgan fingerprint density at radius 3 is 2.07 bits per heavy atom. The van der Waals surface area contributed by atoms with Crippen molar-refractivity contribution in [2.75, 3.05) is 18.0 Å². The van der Waals surface area contributed by atoms with Crippen LogP contribution in [0.15, 0.2) is 18.2 Å². The summed E-state index contributed by atoms with van der Waals surface area (Å²) < 4.78 is 0. The van der Waals surface area contributed by atoms with Gasteiger partial charge in [-0.15, -0.1) is 0 Å². The molecule has 0 atom stereocenters. The van der Waals surface area contributed by atoms with E-state index in [0.29, 0.717) is 0 Å². The second kappa shape index (κ2) is 5.79. The van der Waals surface area contributed by atoms with Gasteiger partial charge in [0.15, 0.2) is 0 Å². The Hall–Kier alpha value is -0.980. The second-order valence-corrected chi connectivity index (χ2v) is 3.79. The molecule has 0 saturated heterocycles. The summed E-state index contributed by atoms with van der Waals surface area (Å²) in [6.45, 7) is 11.1. The number of hydrogen-bond acceptors (Lipinski definition) is 1. The van der Waals surface area contributed by atoms with Crippen LogP contribution in [0.3, 0.4) is 0 Å². The standard InChI is InChI=1S/C14H23N/c1-5-12-10-9-11-14(13(12)6-2)15(7-3)8-4/h9-11H,5-8H2,1-4H3. The molecule has 0 aliphatic rings. The molecule has 0 amide bonds. The highest BCUT2D eigenvalue weighted by molar-refractivity contribution is 5.56. The molecule has 15 heavy (non-hydrogen) atoms. The minimum Gasteiger partial charge on any atom is -0.372 e. The Morgan fingerprint density at radius 2 is 1.60 bits per heavy atom. The molecule has 0 unspecified atom stereocenters. The summed E-state index contributed by atoms with van der Waals surface area (Å²) in [4.78, 5) is 2.44. The molecule has 0 aliphatic carbocycles. The predicted octanol–water partition coefficient (Wildman–Crippen LogP) is 3.66. The smallest absolute Gasteiger partial charge is 0.0401 e. The molecule has 0 aliphatic heterocycles. The normalized spacial score (nSPS) is 10.4. The van der Waals surface area contributed by atoms with Gasteiger partial charge < -0.3 is 4.90 Å². The zero-order valence-electron chi connectivity index (χ0n) is 10.5. The molecular formula is C14H23N. The molecular weight excluding hydrogens is 182 g/mol. The molecule has 0 heterocycles. The van der Waals surface area contributed by atoms with Gasteiger partial charge in [-0.2, -0.15) is 0 Å². The van der Waals surface area contributed by atoms with Gasteiger partial charge in [0, 0.05) is 18.8 Å². The van der Waals surface area contributed by atoms with Crippen LogP contribution in [0.25, 0.3) is 0 Å². The zero-order valence-corrected chi connectivity index (χ0v) is 10.5. The number of benzene rings is 1. The molecule has 0 radical (unpaired) electrons. The van der Waals surface area contributed by atoms with Crippen molar-refractivity contribution in [3.63, 3.8) is 0 Å². The van der Waals surface area contributed by atoms with E-state index in [-0.39, 0.29) is 0 Å². The summed E-state index contributed by atoms with van der Waals surface area (Å²) in [7, 11) is 0. The summed E-state index contributed by atoms with van der Waals surface area (Å²) in [5, 5.41) is 0. The van der Waals surface area contributed by atoms with Crippen molar-refractivity contribution in [2.45, 2.75) is 40.5 Å².